The zero-order chi connectivity index (χ0) is 18.0. The van der Waals surface area contributed by atoms with Crippen molar-refractivity contribution in [2.45, 2.75) is 57.6 Å². The van der Waals surface area contributed by atoms with Crippen LogP contribution in [0.3, 0.4) is 0 Å². The Bertz CT molecular complexity index is 501. The summed E-state index contributed by atoms with van der Waals surface area (Å²) < 4.78 is 97.6. The molecule has 0 rings (SSSR count). The van der Waals surface area contributed by atoms with E-state index in [4.69, 9.17) is 4.55 Å². The van der Waals surface area contributed by atoms with Gasteiger partial charge in [-0.25, -0.2) is 0 Å². The van der Waals surface area contributed by atoms with E-state index in [1.54, 1.807) is 6.92 Å². The van der Waals surface area contributed by atoms with Crippen molar-refractivity contribution >= 4 is 16.1 Å². The molecule has 0 radical (unpaired) electrons. The number of carbonyl (C=O) groups excluding carboxylic acids is 1. The second-order valence-corrected chi connectivity index (χ2v) is 6.52. The number of carbonyl (C=O) groups is 1. The Morgan fingerprint density at radius 2 is 1.64 bits per heavy atom. The number of esters is 1. The highest BCUT2D eigenvalue weighted by atomic mass is 32.2. The van der Waals surface area contributed by atoms with E-state index in [0.717, 1.165) is 0 Å². The van der Waals surface area contributed by atoms with Crippen molar-refractivity contribution in [3.05, 3.63) is 0 Å². The lowest BCUT2D eigenvalue weighted by Crippen LogP contribution is -2.53. The molecular formula is C11H17F5O5S. The number of halogens is 5. The van der Waals surface area contributed by atoms with E-state index in [1.807, 2.05) is 0 Å². The number of hydrogen-bond acceptors (Lipinski definition) is 4. The molecule has 0 spiro atoms. The molecule has 0 amide bonds. The van der Waals surface area contributed by atoms with Crippen LogP contribution in [0.25, 0.3) is 0 Å². The molecule has 1 N–H and O–H groups in total. The maximum absolute atomic E-state index is 13.3. The maximum Gasteiger partial charge on any atom is 0.432 e. The number of ether oxygens (including phenoxy) is 1. The van der Waals surface area contributed by atoms with Gasteiger partial charge in [0.25, 0.3) is 6.10 Å². The van der Waals surface area contributed by atoms with E-state index in [-0.39, 0.29) is 12.8 Å². The zero-order valence-electron chi connectivity index (χ0n) is 12.1. The molecule has 0 aliphatic rings. The van der Waals surface area contributed by atoms with Crippen LogP contribution < -0.4 is 0 Å². The number of hydrogen-bond donors (Lipinski definition) is 1. The molecule has 11 heteroatoms. The smallest absolute Gasteiger partial charge is 0.432 e. The van der Waals surface area contributed by atoms with Gasteiger partial charge in [-0.1, -0.05) is 20.3 Å². The van der Waals surface area contributed by atoms with Crippen molar-refractivity contribution in [2.24, 2.45) is 5.41 Å². The molecule has 5 nitrogen and oxygen atoms in total. The summed E-state index contributed by atoms with van der Waals surface area (Å²) in [6.45, 7) is 4.29. The molecule has 0 aromatic heterocycles. The summed E-state index contributed by atoms with van der Waals surface area (Å²) in [7, 11) is -6.43. The summed E-state index contributed by atoms with van der Waals surface area (Å²) in [6, 6.07) is 0. The maximum atomic E-state index is 13.3. The third-order valence-corrected chi connectivity index (χ3v) is 4.15. The van der Waals surface area contributed by atoms with Crippen LogP contribution in [0.4, 0.5) is 22.0 Å². The third-order valence-electron chi connectivity index (χ3n) is 3.25. The van der Waals surface area contributed by atoms with E-state index >= 15 is 0 Å². The van der Waals surface area contributed by atoms with Crippen LogP contribution in [0.2, 0.25) is 0 Å². The van der Waals surface area contributed by atoms with E-state index < -0.39 is 39.0 Å². The average Bonchev–Trinajstić information content (AvgIpc) is 2.32. The summed E-state index contributed by atoms with van der Waals surface area (Å²) in [5.74, 6) is -1.61. The molecule has 0 aliphatic carbocycles. The topological polar surface area (TPSA) is 80.7 Å². The minimum absolute atomic E-state index is 0.00168. The van der Waals surface area contributed by atoms with Gasteiger partial charge in [-0.3, -0.25) is 9.35 Å². The van der Waals surface area contributed by atoms with Crippen LogP contribution in [-0.2, 0) is 19.6 Å². The molecule has 2 unspecified atom stereocenters. The Hall–Kier alpha value is -0.970. The summed E-state index contributed by atoms with van der Waals surface area (Å²) in [5.41, 5.74) is -1.48. The van der Waals surface area contributed by atoms with Gasteiger partial charge in [0.15, 0.2) is 0 Å². The van der Waals surface area contributed by atoms with Gasteiger partial charge in [-0.15, -0.1) is 0 Å². The SMILES string of the molecule is CCCC(C)(CC)C(=O)OC(C(F)(F)F)C(F)(F)S(=O)(=O)O. The standard InChI is InChI=1S/C11H17F5O5S/c1-4-6-9(3,5-2)8(17)21-7(10(12,13)14)11(15,16)22(18,19)20/h7H,4-6H2,1-3H3,(H,18,19,20). The summed E-state index contributed by atoms with van der Waals surface area (Å²) in [5, 5.41) is -5.71. The highest BCUT2D eigenvalue weighted by Gasteiger charge is 2.66. The predicted molar refractivity (Wildman–Crippen MR) is 65.7 cm³/mol. The molecule has 0 fully saturated rings. The van der Waals surface area contributed by atoms with Gasteiger partial charge >= 0.3 is 27.5 Å². The second-order valence-electron chi connectivity index (χ2n) is 5.03. The van der Waals surface area contributed by atoms with E-state index in [0.29, 0.717) is 6.42 Å². The molecule has 0 saturated carbocycles. The normalized spacial score (nSPS) is 17.7. The highest BCUT2D eigenvalue weighted by molar-refractivity contribution is 7.86. The van der Waals surface area contributed by atoms with E-state index in [1.165, 1.54) is 13.8 Å². The van der Waals surface area contributed by atoms with Crippen LogP contribution in [0.5, 0.6) is 0 Å². The van der Waals surface area contributed by atoms with Gasteiger partial charge in [-0.2, -0.15) is 30.4 Å². The molecule has 2 atom stereocenters. The first-order valence-electron chi connectivity index (χ1n) is 6.26. The Labute approximate surface area is 124 Å². The van der Waals surface area contributed by atoms with Crippen LogP contribution in [0, 0.1) is 5.41 Å². The van der Waals surface area contributed by atoms with Crippen molar-refractivity contribution < 1.29 is 44.5 Å². The minimum atomic E-state index is -6.43. The first-order chi connectivity index (χ1) is 9.63. The molecule has 0 aliphatic heterocycles. The molecule has 0 heterocycles. The fourth-order valence-corrected chi connectivity index (χ4v) is 2.14. The van der Waals surface area contributed by atoms with Crippen molar-refractivity contribution in [2.75, 3.05) is 0 Å². The Balaban J connectivity index is 5.68. The van der Waals surface area contributed by atoms with Gasteiger partial charge in [0.2, 0.25) is 0 Å². The quantitative estimate of drug-likeness (QED) is 0.431. The van der Waals surface area contributed by atoms with Crippen molar-refractivity contribution in [3.63, 3.8) is 0 Å². The second kappa shape index (κ2) is 6.65. The van der Waals surface area contributed by atoms with Crippen molar-refractivity contribution in [1.29, 1.82) is 0 Å². The van der Waals surface area contributed by atoms with Crippen LogP contribution in [0.15, 0.2) is 0 Å². The zero-order valence-corrected chi connectivity index (χ0v) is 12.9. The fraction of sp³-hybridized carbons (Fsp3) is 0.909. The lowest BCUT2D eigenvalue weighted by Gasteiger charge is -2.31. The van der Waals surface area contributed by atoms with Gasteiger partial charge in [0.1, 0.15) is 0 Å². The molecule has 0 bridgehead atoms. The molecule has 0 saturated heterocycles. The van der Waals surface area contributed by atoms with Gasteiger partial charge in [0.05, 0.1) is 5.41 Å². The average molecular weight is 356 g/mol. The van der Waals surface area contributed by atoms with Crippen LogP contribution in [-0.4, -0.2) is 36.5 Å². The van der Waals surface area contributed by atoms with Gasteiger partial charge in [-0.05, 0) is 19.8 Å². The monoisotopic (exact) mass is 356 g/mol. The summed E-state index contributed by atoms with van der Waals surface area (Å²) in [4.78, 5) is 11.8. The molecule has 132 valence electrons. The van der Waals surface area contributed by atoms with Crippen LogP contribution in [0.1, 0.15) is 40.0 Å². The van der Waals surface area contributed by atoms with Gasteiger partial charge in [0, 0.05) is 0 Å². The minimum Gasteiger partial charge on any atom is -0.444 e. The Morgan fingerprint density at radius 3 is 1.91 bits per heavy atom. The van der Waals surface area contributed by atoms with Gasteiger partial charge < -0.3 is 4.74 Å². The van der Waals surface area contributed by atoms with Crippen molar-refractivity contribution in [3.8, 4) is 0 Å². The molecular weight excluding hydrogens is 339 g/mol. The Morgan fingerprint density at radius 1 is 1.18 bits per heavy atom. The highest BCUT2D eigenvalue weighted by Crippen LogP contribution is 2.40. The first kappa shape index (κ1) is 21.0. The van der Waals surface area contributed by atoms with E-state index in [2.05, 4.69) is 4.74 Å². The number of alkyl halides is 5. The first-order valence-corrected chi connectivity index (χ1v) is 7.70. The van der Waals surface area contributed by atoms with Crippen LogP contribution >= 0.6 is 0 Å². The molecule has 0 aromatic rings. The largest absolute Gasteiger partial charge is 0.444 e. The summed E-state index contributed by atoms with van der Waals surface area (Å²) >= 11 is 0. The lowest BCUT2D eigenvalue weighted by atomic mass is 9.83. The lowest BCUT2D eigenvalue weighted by molar-refractivity contribution is -0.262. The predicted octanol–water partition coefficient (Wildman–Crippen LogP) is 3.16. The Kier molecular flexibility index (Phi) is 6.36. The summed E-state index contributed by atoms with van der Waals surface area (Å²) in [6.07, 6.45) is -9.74. The van der Waals surface area contributed by atoms with E-state index in [9.17, 15) is 35.2 Å². The molecule has 22 heavy (non-hydrogen) atoms. The van der Waals surface area contributed by atoms with Crippen molar-refractivity contribution in [1.82, 2.24) is 0 Å². The number of rotatable bonds is 7. The molecule has 0 aromatic carbocycles. The fourth-order valence-electron chi connectivity index (χ4n) is 1.69. The third kappa shape index (κ3) is 4.51.